The van der Waals surface area contributed by atoms with Crippen molar-refractivity contribution in [1.82, 2.24) is 10.6 Å². The quantitative estimate of drug-likeness (QED) is 0.238. The Kier molecular flexibility index (Phi) is 10.8. The Hall–Kier alpha value is -4.50. The molecule has 220 valence electrons. The minimum Gasteiger partial charge on any atom is -0.461 e. The molecule has 9 heteroatoms. The predicted octanol–water partition coefficient (Wildman–Crippen LogP) is 4.64. The maximum Gasteiger partial charge on any atom is 0.343 e. The highest BCUT2D eigenvalue weighted by Crippen LogP contribution is 2.31. The predicted molar refractivity (Wildman–Crippen MR) is 156 cm³/mol. The molecule has 1 aliphatic rings. The number of rotatable bonds is 12. The molecule has 1 fully saturated rings. The van der Waals surface area contributed by atoms with Crippen LogP contribution >= 0.6 is 0 Å². The first-order valence-electron chi connectivity index (χ1n) is 14.3. The standard InChI is InChI=1S/C33H36N2O7/c1-3-25(4-2)40-33(39)27(35-30(36)26-16-11-19-34-26)20-22-17-18-28(41-31(37)23-12-7-5-8-13-23)29(21-22)42-32(38)24-14-9-6-10-15-24/h5-10,12-15,17-18,21,25-27,34H,3-4,11,16,19-20H2,1-2H3,(H,35,36). The monoisotopic (exact) mass is 572 g/mol. The fourth-order valence-electron chi connectivity index (χ4n) is 4.62. The van der Waals surface area contributed by atoms with E-state index in [1.807, 2.05) is 13.8 Å². The van der Waals surface area contributed by atoms with E-state index in [9.17, 15) is 19.2 Å². The maximum absolute atomic E-state index is 13.2. The molecule has 0 spiro atoms. The third-order valence-electron chi connectivity index (χ3n) is 7.04. The molecule has 0 saturated carbocycles. The van der Waals surface area contributed by atoms with Gasteiger partial charge in [-0.1, -0.05) is 56.3 Å². The summed E-state index contributed by atoms with van der Waals surface area (Å²) in [6.45, 7) is 4.60. The molecule has 4 rings (SSSR count). The molecule has 9 nitrogen and oxygen atoms in total. The van der Waals surface area contributed by atoms with Crippen LogP contribution < -0.4 is 20.1 Å². The van der Waals surface area contributed by atoms with E-state index in [0.717, 1.165) is 13.0 Å². The topological polar surface area (TPSA) is 120 Å². The number of hydrogen-bond acceptors (Lipinski definition) is 8. The number of ether oxygens (including phenoxy) is 3. The second-order valence-electron chi connectivity index (χ2n) is 10.1. The van der Waals surface area contributed by atoms with Crippen LogP contribution in [0.15, 0.2) is 78.9 Å². The molecule has 0 bridgehead atoms. The van der Waals surface area contributed by atoms with Crippen LogP contribution in [0.1, 0.15) is 65.8 Å². The molecular weight excluding hydrogens is 536 g/mol. The van der Waals surface area contributed by atoms with E-state index in [0.29, 0.717) is 36.0 Å². The summed E-state index contributed by atoms with van der Waals surface area (Å²) in [5, 5.41) is 5.99. The average Bonchev–Trinajstić information content (AvgIpc) is 3.57. The zero-order chi connectivity index (χ0) is 29.9. The lowest BCUT2D eigenvalue weighted by Crippen LogP contribution is -2.50. The van der Waals surface area contributed by atoms with Crippen LogP contribution in [-0.2, 0) is 20.7 Å². The number of nitrogens with one attached hydrogen (secondary N) is 2. The van der Waals surface area contributed by atoms with Gasteiger partial charge in [-0.05, 0) is 74.2 Å². The van der Waals surface area contributed by atoms with Crippen LogP contribution in [0.25, 0.3) is 0 Å². The van der Waals surface area contributed by atoms with Crippen molar-refractivity contribution >= 4 is 23.8 Å². The van der Waals surface area contributed by atoms with Crippen molar-refractivity contribution in [2.24, 2.45) is 0 Å². The minimum atomic E-state index is -0.976. The van der Waals surface area contributed by atoms with Gasteiger partial charge in [0.2, 0.25) is 5.91 Å². The Balaban J connectivity index is 1.61. The summed E-state index contributed by atoms with van der Waals surface area (Å²) in [7, 11) is 0. The van der Waals surface area contributed by atoms with Gasteiger partial charge in [0.1, 0.15) is 12.1 Å². The highest BCUT2D eigenvalue weighted by atomic mass is 16.6. The summed E-state index contributed by atoms with van der Waals surface area (Å²) >= 11 is 0. The zero-order valence-corrected chi connectivity index (χ0v) is 23.8. The van der Waals surface area contributed by atoms with Crippen molar-refractivity contribution in [3.8, 4) is 11.5 Å². The van der Waals surface area contributed by atoms with Crippen LogP contribution in [0.2, 0.25) is 0 Å². The number of amides is 1. The Labute approximate surface area is 245 Å². The molecule has 1 heterocycles. The fourth-order valence-corrected chi connectivity index (χ4v) is 4.62. The molecule has 0 radical (unpaired) electrons. The molecule has 1 amide bonds. The van der Waals surface area contributed by atoms with E-state index >= 15 is 0 Å². The van der Waals surface area contributed by atoms with Crippen LogP contribution in [-0.4, -0.2) is 48.5 Å². The van der Waals surface area contributed by atoms with E-state index in [1.165, 1.54) is 12.1 Å². The SMILES string of the molecule is CCC(CC)OC(=O)C(Cc1ccc(OC(=O)c2ccccc2)c(OC(=O)c2ccccc2)c1)NC(=O)C1CCCN1. The van der Waals surface area contributed by atoms with Gasteiger partial charge >= 0.3 is 17.9 Å². The molecular formula is C33H36N2O7. The summed E-state index contributed by atoms with van der Waals surface area (Å²) in [6, 6.07) is 20.2. The van der Waals surface area contributed by atoms with E-state index in [4.69, 9.17) is 14.2 Å². The van der Waals surface area contributed by atoms with Crippen molar-refractivity contribution in [3.63, 3.8) is 0 Å². The van der Waals surface area contributed by atoms with Gasteiger partial charge in [-0.2, -0.15) is 0 Å². The van der Waals surface area contributed by atoms with E-state index in [-0.39, 0.29) is 36.0 Å². The molecule has 3 aromatic rings. The average molecular weight is 573 g/mol. The summed E-state index contributed by atoms with van der Waals surface area (Å²) < 4.78 is 17.0. The highest BCUT2D eigenvalue weighted by molar-refractivity contribution is 5.93. The van der Waals surface area contributed by atoms with Gasteiger partial charge in [0.15, 0.2) is 11.5 Å². The lowest BCUT2D eigenvalue weighted by atomic mass is 10.0. The second kappa shape index (κ2) is 14.9. The minimum absolute atomic E-state index is 0.00142. The summed E-state index contributed by atoms with van der Waals surface area (Å²) in [5.74, 6) is -2.05. The Bertz CT molecular complexity index is 1370. The van der Waals surface area contributed by atoms with Crippen molar-refractivity contribution in [2.45, 2.75) is 64.1 Å². The van der Waals surface area contributed by atoms with Gasteiger partial charge < -0.3 is 24.8 Å². The fraction of sp³-hybridized carbons (Fsp3) is 0.333. The third-order valence-corrected chi connectivity index (χ3v) is 7.04. The Morgan fingerprint density at radius 1 is 0.833 bits per heavy atom. The molecule has 1 aliphatic heterocycles. The van der Waals surface area contributed by atoms with Gasteiger partial charge in [0.05, 0.1) is 17.2 Å². The van der Waals surface area contributed by atoms with E-state index in [1.54, 1.807) is 66.7 Å². The van der Waals surface area contributed by atoms with Gasteiger partial charge in [0, 0.05) is 6.42 Å². The summed E-state index contributed by atoms with van der Waals surface area (Å²) in [6.07, 6.45) is 2.65. The molecule has 2 atom stereocenters. The lowest BCUT2D eigenvalue weighted by molar-refractivity contribution is -0.153. The van der Waals surface area contributed by atoms with Crippen molar-refractivity contribution in [2.75, 3.05) is 6.54 Å². The second-order valence-corrected chi connectivity index (χ2v) is 10.1. The number of hydrogen-bond donors (Lipinski definition) is 2. The number of esters is 3. The van der Waals surface area contributed by atoms with Crippen molar-refractivity contribution < 1.29 is 33.4 Å². The first kappa shape index (κ1) is 30.5. The van der Waals surface area contributed by atoms with Crippen LogP contribution in [0.4, 0.5) is 0 Å². The first-order valence-corrected chi connectivity index (χ1v) is 14.3. The number of carbonyl (C=O) groups is 4. The van der Waals surface area contributed by atoms with Crippen LogP contribution in [0.3, 0.4) is 0 Å². The maximum atomic E-state index is 13.2. The molecule has 0 aliphatic carbocycles. The van der Waals surface area contributed by atoms with Gasteiger partial charge in [-0.15, -0.1) is 0 Å². The van der Waals surface area contributed by atoms with Crippen LogP contribution in [0.5, 0.6) is 11.5 Å². The van der Waals surface area contributed by atoms with E-state index < -0.39 is 23.9 Å². The van der Waals surface area contributed by atoms with Gasteiger partial charge in [0.25, 0.3) is 0 Å². The largest absolute Gasteiger partial charge is 0.461 e. The third kappa shape index (κ3) is 8.27. The summed E-state index contributed by atoms with van der Waals surface area (Å²) in [4.78, 5) is 51.9. The zero-order valence-electron chi connectivity index (χ0n) is 23.8. The highest BCUT2D eigenvalue weighted by Gasteiger charge is 2.30. The number of carbonyl (C=O) groups excluding carboxylic acids is 4. The first-order chi connectivity index (χ1) is 20.4. The summed E-state index contributed by atoms with van der Waals surface area (Å²) in [5.41, 5.74) is 1.21. The lowest BCUT2D eigenvalue weighted by Gasteiger charge is -2.23. The van der Waals surface area contributed by atoms with E-state index in [2.05, 4.69) is 10.6 Å². The smallest absolute Gasteiger partial charge is 0.343 e. The Morgan fingerprint density at radius 2 is 1.43 bits per heavy atom. The van der Waals surface area contributed by atoms with Gasteiger partial charge in [-0.25, -0.2) is 14.4 Å². The molecule has 1 saturated heterocycles. The molecule has 2 unspecified atom stereocenters. The van der Waals surface area contributed by atoms with Crippen molar-refractivity contribution in [1.29, 1.82) is 0 Å². The van der Waals surface area contributed by atoms with Crippen molar-refractivity contribution in [3.05, 3.63) is 95.6 Å². The molecule has 42 heavy (non-hydrogen) atoms. The van der Waals surface area contributed by atoms with Gasteiger partial charge in [-0.3, -0.25) is 4.79 Å². The Morgan fingerprint density at radius 3 is 1.98 bits per heavy atom. The molecule has 2 N–H and O–H groups in total. The number of benzene rings is 3. The molecule has 0 aromatic heterocycles. The normalized spacial score (nSPS) is 15.1. The molecule has 3 aromatic carbocycles. The van der Waals surface area contributed by atoms with Crippen LogP contribution in [0, 0.1) is 0 Å².